The largest absolute Gasteiger partial charge is 0.495 e. The number of anilines is 2. The van der Waals surface area contributed by atoms with E-state index in [1.165, 1.54) is 68.6 Å². The van der Waals surface area contributed by atoms with Crippen LogP contribution in [0.15, 0.2) is 157 Å². The van der Waals surface area contributed by atoms with Crippen molar-refractivity contribution in [2.45, 2.75) is 90.6 Å². The van der Waals surface area contributed by atoms with Gasteiger partial charge in [-0.3, -0.25) is 4.98 Å². The summed E-state index contributed by atoms with van der Waals surface area (Å²) in [7, 11) is -0.382. The molecule has 0 aliphatic carbocycles. The van der Waals surface area contributed by atoms with Crippen LogP contribution in [0, 0.1) is 0 Å². The maximum absolute atomic E-state index is 9.69. The Balaban J connectivity index is 0.000000126. The molecule has 13 rings (SSSR count). The van der Waals surface area contributed by atoms with Gasteiger partial charge in [-0.25, -0.2) is 19.0 Å². The summed E-state index contributed by atoms with van der Waals surface area (Å²) >= 11 is 3.45. The van der Waals surface area contributed by atoms with Crippen LogP contribution in [0.3, 0.4) is 0 Å². The Morgan fingerprint density at radius 1 is 0.513 bits per heavy atom. The molecule has 0 bridgehead atoms. The number of para-hydroxylation sites is 1. The number of rotatable bonds is 8. The Hall–Kier alpha value is -7.01. The third-order valence-electron chi connectivity index (χ3n) is 15.6. The van der Waals surface area contributed by atoms with Crippen LogP contribution in [0.5, 0.6) is 0 Å². The van der Waals surface area contributed by atoms with E-state index in [0.29, 0.717) is 0 Å². The molecule has 13 nitrogen and oxygen atoms in total. The number of benzene rings is 5. The Morgan fingerprint density at radius 3 is 1.62 bits per heavy atom. The molecule has 3 saturated heterocycles. The molecule has 10 aromatic rings. The van der Waals surface area contributed by atoms with Gasteiger partial charge in [0.05, 0.1) is 46.8 Å². The third-order valence-corrected chi connectivity index (χ3v) is 16.1. The highest BCUT2D eigenvalue weighted by Gasteiger charge is 2.52. The van der Waals surface area contributed by atoms with Crippen LogP contribution in [0.25, 0.3) is 66.4 Å². The molecule has 76 heavy (non-hydrogen) atoms. The van der Waals surface area contributed by atoms with Crippen LogP contribution in [0.4, 0.5) is 11.4 Å². The van der Waals surface area contributed by atoms with Gasteiger partial charge in [0.25, 0.3) is 0 Å². The van der Waals surface area contributed by atoms with Crippen molar-refractivity contribution in [1.82, 2.24) is 34.2 Å². The molecule has 0 unspecified atom stereocenters. The molecular formula is C61H63BBrN9O4. The number of aromatic nitrogens is 7. The van der Waals surface area contributed by atoms with E-state index < -0.39 is 0 Å². The molecular weight excluding hydrogens is 1010 g/mol. The second-order valence-corrected chi connectivity index (χ2v) is 21.8. The summed E-state index contributed by atoms with van der Waals surface area (Å²) in [6, 6.07) is 37.4. The summed E-state index contributed by atoms with van der Waals surface area (Å²) in [5, 5.41) is 31.2. The number of aliphatic hydroxyl groups excluding tert-OH is 2. The lowest BCUT2D eigenvalue weighted by atomic mass is 9.75. The minimum Gasteiger partial charge on any atom is -0.399 e. The predicted molar refractivity (Wildman–Crippen MR) is 309 cm³/mol. The number of halogens is 1. The molecule has 8 heterocycles. The van der Waals surface area contributed by atoms with Gasteiger partial charge in [0.15, 0.2) is 11.3 Å². The summed E-state index contributed by atoms with van der Waals surface area (Å²) in [6.45, 7) is 12.8. The second kappa shape index (κ2) is 21.9. The summed E-state index contributed by atoms with van der Waals surface area (Å²) < 4.78 is 16.9. The van der Waals surface area contributed by atoms with Crippen LogP contribution in [0.2, 0.25) is 0 Å². The van der Waals surface area contributed by atoms with Gasteiger partial charge in [-0.15, -0.1) is 0 Å². The number of piperidine rings is 2. The predicted octanol–water partition coefficient (Wildman–Crippen LogP) is 11.9. The fraction of sp³-hybridized carbons (Fsp3) is 0.295. The lowest BCUT2D eigenvalue weighted by Gasteiger charge is -2.32. The zero-order valence-electron chi connectivity index (χ0n) is 43.6. The Labute approximate surface area is 452 Å². The van der Waals surface area contributed by atoms with Crippen LogP contribution in [-0.4, -0.2) is 88.9 Å². The van der Waals surface area contributed by atoms with Gasteiger partial charge in [-0.1, -0.05) is 78.9 Å². The quantitative estimate of drug-likeness (QED) is 0.141. The van der Waals surface area contributed by atoms with Gasteiger partial charge < -0.3 is 29.3 Å². The van der Waals surface area contributed by atoms with Gasteiger partial charge in [0.2, 0.25) is 0 Å². The number of hydrogen-bond donors (Lipinski definition) is 2. The molecule has 0 saturated carbocycles. The summed E-state index contributed by atoms with van der Waals surface area (Å²) in [6.07, 6.45) is 21.1. The first-order valence-electron chi connectivity index (χ1n) is 26.5. The molecule has 386 valence electrons. The lowest BCUT2D eigenvalue weighted by Crippen LogP contribution is -2.41. The first kappa shape index (κ1) is 51.1. The average Bonchev–Trinajstić information content (AvgIpc) is 4.17. The first-order valence-corrected chi connectivity index (χ1v) is 27.3. The number of fused-ring (bicyclic) bond motifs is 4. The van der Waals surface area contributed by atoms with E-state index in [9.17, 15) is 10.2 Å². The zero-order valence-corrected chi connectivity index (χ0v) is 45.2. The van der Waals surface area contributed by atoms with Crippen molar-refractivity contribution in [3.05, 3.63) is 168 Å². The van der Waals surface area contributed by atoms with Crippen LogP contribution < -0.4 is 15.3 Å². The summed E-state index contributed by atoms with van der Waals surface area (Å²) in [5.41, 5.74) is 13.5. The van der Waals surface area contributed by atoms with E-state index in [2.05, 4.69) is 128 Å². The second-order valence-electron chi connectivity index (χ2n) is 20.9. The highest BCUT2D eigenvalue weighted by Crippen LogP contribution is 2.38. The standard InChI is InChI=1S/C27H25N5O.C17H21BO3.C17H17BrN4/c33-18-20-5-4-6-24-23(11-12-28-26(20)24)25-16-30-32-17-21(15-29-27(25)32)19-7-9-22(10-8-19)31-13-2-1-3-14-31;1-16(2)17(3,4)21-18(20-16)15-10-6-8-13-12(11-19)7-5-9-14(13)15;18-16-11-20-22-12-14(10-19-17(16)22)13-4-6-15(7-5-13)21-8-2-1-3-9-21/h4-12,15-17,33H,1-3,13-14,18H2;5-10,19H,11H2,1-4H3;4-7,10-12H,1-3,8-9H2. The minimum absolute atomic E-state index is 0.0319. The zero-order chi connectivity index (χ0) is 52.4. The molecule has 2 N–H and O–H groups in total. The molecule has 0 atom stereocenters. The highest BCUT2D eigenvalue weighted by atomic mass is 79.9. The van der Waals surface area contributed by atoms with Crippen molar-refractivity contribution in [1.29, 1.82) is 0 Å². The molecule has 0 amide bonds. The summed E-state index contributed by atoms with van der Waals surface area (Å²) in [4.78, 5) is 18.7. The Morgan fingerprint density at radius 2 is 1.03 bits per heavy atom. The van der Waals surface area contributed by atoms with E-state index in [4.69, 9.17) is 14.3 Å². The van der Waals surface area contributed by atoms with Gasteiger partial charge >= 0.3 is 7.12 Å². The van der Waals surface area contributed by atoms with Crippen LogP contribution in [0.1, 0.15) is 77.3 Å². The van der Waals surface area contributed by atoms with E-state index in [0.717, 1.165) is 94.9 Å². The van der Waals surface area contributed by atoms with Crippen molar-refractivity contribution < 1.29 is 19.5 Å². The maximum atomic E-state index is 9.69. The van der Waals surface area contributed by atoms with Crippen molar-refractivity contribution in [2.24, 2.45) is 0 Å². The molecule has 15 heteroatoms. The highest BCUT2D eigenvalue weighted by molar-refractivity contribution is 9.10. The Bertz CT molecular complexity index is 3630. The SMILES string of the molecule is Brc1cnn2cc(-c3ccc(N4CCCCC4)cc3)cnc12.CC1(C)OB(c2cccc3c(CO)cccc23)OC1(C)C.OCc1cccc2c(-c3cnn4cc(-c5ccc(N6CCCCC6)cc5)cnc34)ccnc12. The Kier molecular flexibility index (Phi) is 14.7. The van der Waals surface area contributed by atoms with Gasteiger partial charge in [-0.2, -0.15) is 10.2 Å². The number of nitrogens with zero attached hydrogens (tertiary/aromatic N) is 9. The van der Waals surface area contributed by atoms with Gasteiger partial charge in [0, 0.05) is 96.2 Å². The average molecular weight is 1080 g/mol. The third kappa shape index (κ3) is 10.3. The fourth-order valence-electron chi connectivity index (χ4n) is 10.6. The van der Waals surface area contributed by atoms with Crippen molar-refractivity contribution in [3.8, 4) is 33.4 Å². The lowest BCUT2D eigenvalue weighted by molar-refractivity contribution is 0.00578. The van der Waals surface area contributed by atoms with Crippen molar-refractivity contribution in [2.75, 3.05) is 36.0 Å². The topological polar surface area (TPSA) is 139 Å². The maximum Gasteiger partial charge on any atom is 0.495 e. The number of hydrogen-bond acceptors (Lipinski definition) is 11. The van der Waals surface area contributed by atoms with Crippen molar-refractivity contribution >= 4 is 72.9 Å². The molecule has 0 radical (unpaired) electrons. The van der Waals surface area contributed by atoms with E-state index in [1.54, 1.807) is 16.9 Å². The van der Waals surface area contributed by atoms with E-state index in [1.807, 2.05) is 90.1 Å². The van der Waals surface area contributed by atoms with Crippen LogP contribution in [-0.2, 0) is 22.5 Å². The molecule has 5 aromatic heterocycles. The van der Waals surface area contributed by atoms with Gasteiger partial charge in [-0.05, 0) is 151 Å². The first-order chi connectivity index (χ1) is 37.0. The molecule has 5 aromatic carbocycles. The molecule has 3 aliphatic rings. The smallest absolute Gasteiger partial charge is 0.399 e. The van der Waals surface area contributed by atoms with Crippen molar-refractivity contribution in [3.63, 3.8) is 0 Å². The van der Waals surface area contributed by atoms with E-state index in [-0.39, 0.29) is 31.5 Å². The monoisotopic (exact) mass is 1080 g/mol. The van der Waals surface area contributed by atoms with E-state index >= 15 is 0 Å². The fourth-order valence-corrected chi connectivity index (χ4v) is 10.9. The molecule has 3 aliphatic heterocycles. The van der Waals surface area contributed by atoms with Gasteiger partial charge in [0.1, 0.15) is 0 Å². The number of pyridine rings is 1. The minimum atomic E-state index is -0.382. The van der Waals surface area contributed by atoms with Crippen LogP contribution >= 0.6 is 15.9 Å². The number of aliphatic hydroxyl groups is 2. The molecule has 0 spiro atoms. The molecule has 3 fully saturated rings. The normalized spacial score (nSPS) is 16.2. The summed E-state index contributed by atoms with van der Waals surface area (Å²) in [5.74, 6) is 0.